The smallest absolute Gasteiger partial charge is 0.268 e. The highest BCUT2D eigenvalue weighted by molar-refractivity contribution is 5.98. The van der Waals surface area contributed by atoms with E-state index in [1.807, 2.05) is 54.9 Å². The Morgan fingerprint density at radius 3 is 2.34 bits per heavy atom. The maximum atomic E-state index is 12.8. The number of carbonyl (C=O) groups is 2. The van der Waals surface area contributed by atoms with Gasteiger partial charge in [-0.05, 0) is 24.6 Å². The Morgan fingerprint density at radius 1 is 1.03 bits per heavy atom. The van der Waals surface area contributed by atoms with E-state index < -0.39 is 5.91 Å². The minimum Gasteiger partial charge on any atom is -0.454 e. The van der Waals surface area contributed by atoms with Crippen LogP contribution < -0.4 is 11.1 Å². The molecule has 6 nitrogen and oxygen atoms in total. The van der Waals surface area contributed by atoms with Crippen LogP contribution in [0.1, 0.15) is 39.4 Å². The van der Waals surface area contributed by atoms with Gasteiger partial charge in [-0.3, -0.25) is 9.59 Å². The molecule has 4 rings (SSSR count). The van der Waals surface area contributed by atoms with Crippen molar-refractivity contribution in [2.75, 3.05) is 0 Å². The number of aromatic nitrogens is 1. The third kappa shape index (κ3) is 3.52. The lowest BCUT2D eigenvalue weighted by Gasteiger charge is -2.15. The first-order chi connectivity index (χ1) is 13.9. The average molecular weight is 387 g/mol. The van der Waals surface area contributed by atoms with Crippen molar-refractivity contribution in [2.45, 2.75) is 13.0 Å². The molecule has 0 saturated carbocycles. The summed E-state index contributed by atoms with van der Waals surface area (Å²) in [5.74, 6) is 0.0854. The van der Waals surface area contributed by atoms with Crippen molar-refractivity contribution in [1.82, 2.24) is 9.88 Å². The molecule has 2 aromatic carbocycles. The number of nitrogens with one attached hydrogen (secondary N) is 1. The number of carbonyl (C=O) groups excluding carboxylic acids is 2. The number of nitrogens with zero attached hydrogens (tertiary/aromatic N) is 1. The largest absolute Gasteiger partial charge is 0.454 e. The van der Waals surface area contributed by atoms with E-state index in [9.17, 15) is 9.59 Å². The molecule has 0 aliphatic carbocycles. The van der Waals surface area contributed by atoms with Crippen LogP contribution in [0, 0.1) is 0 Å². The number of furan rings is 1. The van der Waals surface area contributed by atoms with Crippen LogP contribution in [-0.4, -0.2) is 16.4 Å². The normalized spacial score (nSPS) is 12.1. The molecule has 0 saturated heterocycles. The Balaban J connectivity index is 1.54. The number of aryl methyl sites for hydroxylation is 1. The molecule has 2 amide bonds. The Bertz CT molecular complexity index is 1190. The molecule has 0 aliphatic heterocycles. The van der Waals surface area contributed by atoms with E-state index in [4.69, 9.17) is 10.2 Å². The molecule has 0 radical (unpaired) electrons. The molecule has 2 aromatic heterocycles. The van der Waals surface area contributed by atoms with Gasteiger partial charge in [0.05, 0.1) is 11.6 Å². The summed E-state index contributed by atoms with van der Waals surface area (Å²) in [6, 6.07) is 20.2. The van der Waals surface area contributed by atoms with Gasteiger partial charge in [-0.2, -0.15) is 0 Å². The fraction of sp³-hybridized carbons (Fsp3) is 0.130. The van der Waals surface area contributed by atoms with Gasteiger partial charge in [0.15, 0.2) is 5.58 Å². The van der Waals surface area contributed by atoms with Crippen molar-refractivity contribution in [3.05, 3.63) is 83.6 Å². The van der Waals surface area contributed by atoms with E-state index in [2.05, 4.69) is 5.32 Å². The van der Waals surface area contributed by atoms with Crippen molar-refractivity contribution in [2.24, 2.45) is 12.8 Å². The molecule has 0 aliphatic rings. The molecule has 1 atom stereocenters. The van der Waals surface area contributed by atoms with Gasteiger partial charge >= 0.3 is 0 Å². The van der Waals surface area contributed by atoms with Crippen LogP contribution in [0.4, 0.5) is 0 Å². The van der Waals surface area contributed by atoms with Gasteiger partial charge in [0.25, 0.3) is 5.91 Å². The maximum absolute atomic E-state index is 12.8. The van der Waals surface area contributed by atoms with E-state index in [1.165, 1.54) is 0 Å². The summed E-state index contributed by atoms with van der Waals surface area (Å²) in [6.07, 6.45) is 0. The number of amides is 2. The van der Waals surface area contributed by atoms with Crippen molar-refractivity contribution >= 4 is 22.9 Å². The third-order valence-electron chi connectivity index (χ3n) is 5.06. The summed E-state index contributed by atoms with van der Waals surface area (Å²) in [5, 5.41) is 2.98. The van der Waals surface area contributed by atoms with E-state index in [0.717, 1.165) is 22.4 Å². The first kappa shape index (κ1) is 18.6. The van der Waals surface area contributed by atoms with Crippen LogP contribution >= 0.6 is 0 Å². The van der Waals surface area contributed by atoms with Crippen LogP contribution in [0.25, 0.3) is 22.4 Å². The summed E-state index contributed by atoms with van der Waals surface area (Å²) < 4.78 is 7.77. The molecule has 146 valence electrons. The zero-order chi connectivity index (χ0) is 20.5. The zero-order valence-electron chi connectivity index (χ0n) is 16.2. The molecule has 6 heteroatoms. The van der Waals surface area contributed by atoms with Gasteiger partial charge in [0, 0.05) is 30.3 Å². The van der Waals surface area contributed by atoms with Crippen molar-refractivity contribution in [3.63, 3.8) is 0 Å². The molecule has 0 fully saturated rings. The van der Waals surface area contributed by atoms with E-state index in [-0.39, 0.29) is 11.9 Å². The number of hydrogen-bond donors (Lipinski definition) is 2. The minimum absolute atomic E-state index is 0.202. The predicted molar refractivity (Wildman–Crippen MR) is 111 cm³/mol. The lowest BCUT2D eigenvalue weighted by molar-refractivity contribution is 0.0930. The first-order valence-corrected chi connectivity index (χ1v) is 9.29. The molecular formula is C23H21N3O3. The fourth-order valence-corrected chi connectivity index (χ4v) is 3.36. The highest BCUT2D eigenvalue weighted by Gasteiger charge is 2.19. The van der Waals surface area contributed by atoms with Crippen LogP contribution in [-0.2, 0) is 7.05 Å². The summed E-state index contributed by atoms with van der Waals surface area (Å²) in [4.78, 5) is 24.0. The van der Waals surface area contributed by atoms with Crippen LogP contribution in [0.3, 0.4) is 0 Å². The van der Waals surface area contributed by atoms with Gasteiger partial charge in [-0.15, -0.1) is 0 Å². The quantitative estimate of drug-likeness (QED) is 0.542. The Morgan fingerprint density at radius 2 is 1.72 bits per heavy atom. The van der Waals surface area contributed by atoms with Crippen LogP contribution in [0.15, 0.2) is 71.1 Å². The third-order valence-corrected chi connectivity index (χ3v) is 5.06. The molecule has 29 heavy (non-hydrogen) atoms. The molecule has 0 spiro atoms. The standard InChI is InChI=1S/C23H21N3O3/c1-14(15-8-10-17(11-9-15)22(24)27)25-23(28)19-13-21-18(26(19)2)12-20(29-21)16-6-4-3-5-7-16/h3-14H,1-2H3,(H2,24,27)(H,25,28)/t14-/m1/s1. The Kier molecular flexibility index (Phi) is 4.68. The second-order valence-corrected chi connectivity index (χ2v) is 7.00. The summed E-state index contributed by atoms with van der Waals surface area (Å²) in [6.45, 7) is 1.89. The number of hydrogen-bond acceptors (Lipinski definition) is 3. The minimum atomic E-state index is -0.477. The zero-order valence-corrected chi connectivity index (χ0v) is 16.2. The first-order valence-electron chi connectivity index (χ1n) is 9.29. The molecule has 0 unspecified atom stereocenters. The Hall–Kier alpha value is -3.80. The maximum Gasteiger partial charge on any atom is 0.268 e. The lowest BCUT2D eigenvalue weighted by Crippen LogP contribution is -2.28. The summed E-state index contributed by atoms with van der Waals surface area (Å²) in [5.41, 5.74) is 9.60. The second-order valence-electron chi connectivity index (χ2n) is 7.00. The SMILES string of the molecule is C[C@@H](NC(=O)c1cc2oc(-c3ccccc3)cc2n1C)c1ccc(C(N)=O)cc1. The monoisotopic (exact) mass is 387 g/mol. The molecule has 2 heterocycles. The van der Waals surface area contributed by atoms with Crippen molar-refractivity contribution in [1.29, 1.82) is 0 Å². The fourth-order valence-electron chi connectivity index (χ4n) is 3.36. The number of rotatable bonds is 5. The number of benzene rings is 2. The van der Waals surface area contributed by atoms with Crippen LogP contribution in [0.5, 0.6) is 0 Å². The van der Waals surface area contributed by atoms with E-state index in [1.54, 1.807) is 30.3 Å². The van der Waals surface area contributed by atoms with Gasteiger partial charge in [0.2, 0.25) is 5.91 Å². The van der Waals surface area contributed by atoms with Gasteiger partial charge < -0.3 is 20.0 Å². The molecule has 0 bridgehead atoms. The summed E-state index contributed by atoms with van der Waals surface area (Å²) >= 11 is 0. The Labute approximate surface area is 167 Å². The van der Waals surface area contributed by atoms with Gasteiger partial charge in [-0.25, -0.2) is 0 Å². The summed E-state index contributed by atoms with van der Waals surface area (Å²) in [7, 11) is 1.84. The van der Waals surface area contributed by atoms with Gasteiger partial charge in [-0.1, -0.05) is 42.5 Å². The predicted octanol–water partition coefficient (Wildman–Crippen LogP) is 4.03. The average Bonchev–Trinajstić information content (AvgIpc) is 3.28. The lowest BCUT2D eigenvalue weighted by atomic mass is 10.1. The highest BCUT2D eigenvalue weighted by atomic mass is 16.3. The molecular weight excluding hydrogens is 366 g/mol. The molecule has 3 N–H and O–H groups in total. The van der Waals surface area contributed by atoms with E-state index in [0.29, 0.717) is 16.8 Å². The van der Waals surface area contributed by atoms with Crippen molar-refractivity contribution in [3.8, 4) is 11.3 Å². The number of fused-ring (bicyclic) bond motifs is 1. The number of nitrogens with two attached hydrogens (primary N) is 1. The highest BCUT2D eigenvalue weighted by Crippen LogP contribution is 2.29. The van der Waals surface area contributed by atoms with Gasteiger partial charge in [0.1, 0.15) is 11.5 Å². The number of primary amides is 1. The molecule has 4 aromatic rings. The topological polar surface area (TPSA) is 90.3 Å². The van der Waals surface area contributed by atoms with Crippen molar-refractivity contribution < 1.29 is 14.0 Å². The second kappa shape index (κ2) is 7.31. The van der Waals surface area contributed by atoms with Crippen LogP contribution in [0.2, 0.25) is 0 Å². The van der Waals surface area contributed by atoms with E-state index >= 15 is 0 Å².